The minimum absolute atomic E-state index is 0.0274. The Morgan fingerprint density at radius 1 is 1.21 bits per heavy atom. The quantitative estimate of drug-likeness (QED) is 0.903. The molecule has 1 aromatic carbocycles. The van der Waals surface area contributed by atoms with Crippen LogP contribution in [0.5, 0.6) is 0 Å². The van der Waals surface area contributed by atoms with E-state index in [0.29, 0.717) is 5.69 Å². The highest BCUT2D eigenvalue weighted by Crippen LogP contribution is 2.24. The number of rotatable bonds is 4. The Kier molecular flexibility index (Phi) is 3.59. The monoisotopic (exact) mass is 296 g/mol. The van der Waals surface area contributed by atoms with Crippen LogP contribution in [0.2, 0.25) is 0 Å². The van der Waals surface area contributed by atoms with E-state index < -0.39 is 15.9 Å². The molecule has 0 spiro atoms. The molecule has 2 rings (SSSR count). The normalized spacial score (nSPS) is 11.2. The number of aryl methyl sites for hydroxylation is 1. The smallest absolute Gasteiger partial charge is 0.263 e. The fourth-order valence-electron chi connectivity index (χ4n) is 1.52. The van der Waals surface area contributed by atoms with Crippen LogP contribution in [0, 0.1) is 6.92 Å². The molecule has 0 bridgehead atoms. The minimum Gasteiger partial charge on any atom is -0.365 e. The first-order valence-corrected chi connectivity index (χ1v) is 7.73. The zero-order chi connectivity index (χ0) is 14.0. The summed E-state index contributed by atoms with van der Waals surface area (Å²) in [4.78, 5) is 11.1. The molecule has 7 heteroatoms. The van der Waals surface area contributed by atoms with Crippen LogP contribution in [0.15, 0.2) is 40.6 Å². The number of hydrogen-bond acceptors (Lipinski definition) is 4. The van der Waals surface area contributed by atoms with Gasteiger partial charge in [0.1, 0.15) is 9.77 Å². The van der Waals surface area contributed by atoms with E-state index in [2.05, 4.69) is 4.72 Å². The summed E-state index contributed by atoms with van der Waals surface area (Å²) in [6, 6.07) is 8.26. The van der Waals surface area contributed by atoms with Crippen molar-refractivity contribution >= 4 is 33.0 Å². The van der Waals surface area contributed by atoms with E-state index in [4.69, 9.17) is 5.73 Å². The summed E-state index contributed by atoms with van der Waals surface area (Å²) >= 11 is 1.00. The Hall–Kier alpha value is -1.86. The number of anilines is 1. The molecule has 100 valence electrons. The van der Waals surface area contributed by atoms with E-state index in [1.165, 1.54) is 11.4 Å². The Morgan fingerprint density at radius 2 is 1.84 bits per heavy atom. The van der Waals surface area contributed by atoms with Crippen LogP contribution in [0.4, 0.5) is 5.69 Å². The van der Waals surface area contributed by atoms with Gasteiger partial charge in [-0.15, -0.1) is 11.3 Å². The van der Waals surface area contributed by atoms with E-state index in [9.17, 15) is 13.2 Å². The van der Waals surface area contributed by atoms with E-state index in [1.54, 1.807) is 24.3 Å². The molecule has 5 nitrogen and oxygen atoms in total. The third-order valence-corrected chi connectivity index (χ3v) is 4.93. The number of nitrogens with one attached hydrogen (secondary N) is 1. The van der Waals surface area contributed by atoms with Crippen LogP contribution < -0.4 is 10.5 Å². The standard InChI is InChI=1S/C12H12N2O3S2/c1-8-2-4-9(5-3-8)14-19(16,17)10-6-7-18-11(10)12(13)15/h2-7,14H,1H3,(H2,13,15). The molecule has 0 saturated heterocycles. The van der Waals surface area contributed by atoms with Crippen LogP contribution in [0.1, 0.15) is 15.2 Å². The molecule has 19 heavy (non-hydrogen) atoms. The van der Waals surface area contributed by atoms with E-state index in [1.807, 2.05) is 6.92 Å². The Balaban J connectivity index is 2.35. The molecular weight excluding hydrogens is 284 g/mol. The van der Waals surface area contributed by atoms with Crippen LogP contribution in [-0.4, -0.2) is 14.3 Å². The molecule has 0 atom stereocenters. The highest BCUT2D eigenvalue weighted by molar-refractivity contribution is 7.93. The molecule has 1 amide bonds. The molecule has 0 aliphatic carbocycles. The second kappa shape index (κ2) is 5.02. The van der Waals surface area contributed by atoms with Gasteiger partial charge in [-0.3, -0.25) is 9.52 Å². The van der Waals surface area contributed by atoms with Crippen LogP contribution >= 0.6 is 11.3 Å². The number of carbonyl (C=O) groups is 1. The number of carbonyl (C=O) groups excluding carboxylic acids is 1. The molecule has 0 saturated carbocycles. The van der Waals surface area contributed by atoms with Crippen LogP contribution in [0.3, 0.4) is 0 Å². The molecular formula is C12H12N2O3S2. The topological polar surface area (TPSA) is 89.3 Å². The number of sulfonamides is 1. The van der Waals surface area contributed by atoms with Crippen LogP contribution in [-0.2, 0) is 10.0 Å². The Bertz CT molecular complexity index is 703. The maximum absolute atomic E-state index is 12.2. The molecule has 1 heterocycles. The van der Waals surface area contributed by atoms with E-state index >= 15 is 0 Å². The lowest BCUT2D eigenvalue weighted by Gasteiger charge is -2.08. The van der Waals surface area contributed by atoms with Gasteiger partial charge < -0.3 is 5.73 Å². The molecule has 3 N–H and O–H groups in total. The van der Waals surface area contributed by atoms with Crippen molar-refractivity contribution in [2.45, 2.75) is 11.8 Å². The molecule has 0 unspecified atom stereocenters. The van der Waals surface area contributed by atoms with Crippen molar-refractivity contribution in [3.8, 4) is 0 Å². The number of amides is 1. The molecule has 0 fully saturated rings. The minimum atomic E-state index is -3.80. The third kappa shape index (κ3) is 2.94. The van der Waals surface area contributed by atoms with Gasteiger partial charge in [-0.2, -0.15) is 0 Å². The zero-order valence-corrected chi connectivity index (χ0v) is 11.7. The zero-order valence-electron chi connectivity index (χ0n) is 10.1. The summed E-state index contributed by atoms with van der Waals surface area (Å²) in [5, 5.41) is 1.52. The fourth-order valence-corrected chi connectivity index (χ4v) is 3.87. The highest BCUT2D eigenvalue weighted by Gasteiger charge is 2.22. The van der Waals surface area contributed by atoms with Gasteiger partial charge in [0.25, 0.3) is 15.9 Å². The molecule has 2 aromatic rings. The fraction of sp³-hybridized carbons (Fsp3) is 0.0833. The average Bonchev–Trinajstić information content (AvgIpc) is 2.82. The number of hydrogen-bond donors (Lipinski definition) is 2. The number of nitrogens with two attached hydrogens (primary N) is 1. The van der Waals surface area contributed by atoms with E-state index in [-0.39, 0.29) is 9.77 Å². The van der Waals surface area contributed by atoms with Gasteiger partial charge in [-0.1, -0.05) is 17.7 Å². The summed E-state index contributed by atoms with van der Waals surface area (Å²) in [6.45, 7) is 1.91. The van der Waals surface area contributed by atoms with Crippen molar-refractivity contribution in [1.82, 2.24) is 0 Å². The van der Waals surface area contributed by atoms with Gasteiger partial charge in [0.15, 0.2) is 0 Å². The SMILES string of the molecule is Cc1ccc(NS(=O)(=O)c2ccsc2C(N)=O)cc1. The number of primary amides is 1. The summed E-state index contributed by atoms with van der Waals surface area (Å²) in [5.41, 5.74) is 6.61. The molecule has 1 aromatic heterocycles. The molecule has 0 radical (unpaired) electrons. The van der Waals surface area contributed by atoms with Crippen molar-refractivity contribution in [1.29, 1.82) is 0 Å². The first kappa shape index (κ1) is 13.6. The Labute approximate surface area is 115 Å². The van der Waals surface area contributed by atoms with Gasteiger partial charge >= 0.3 is 0 Å². The summed E-state index contributed by atoms with van der Waals surface area (Å²) in [7, 11) is -3.80. The summed E-state index contributed by atoms with van der Waals surface area (Å²) in [6.07, 6.45) is 0. The highest BCUT2D eigenvalue weighted by atomic mass is 32.2. The Morgan fingerprint density at radius 3 is 2.42 bits per heavy atom. The van der Waals surface area contributed by atoms with Gasteiger partial charge in [0.05, 0.1) is 0 Å². The predicted molar refractivity (Wildman–Crippen MR) is 74.8 cm³/mol. The van der Waals surface area contributed by atoms with E-state index in [0.717, 1.165) is 16.9 Å². The second-order valence-electron chi connectivity index (χ2n) is 3.95. The molecule has 0 aliphatic heterocycles. The third-order valence-electron chi connectivity index (χ3n) is 2.45. The van der Waals surface area contributed by atoms with Crippen molar-refractivity contribution in [2.24, 2.45) is 5.73 Å². The lowest BCUT2D eigenvalue weighted by atomic mass is 10.2. The number of benzene rings is 1. The van der Waals surface area contributed by atoms with Crippen LogP contribution in [0.25, 0.3) is 0 Å². The second-order valence-corrected chi connectivity index (χ2v) is 6.52. The maximum atomic E-state index is 12.2. The summed E-state index contributed by atoms with van der Waals surface area (Å²) in [5.74, 6) is -0.751. The van der Waals surface area contributed by atoms with Crippen molar-refractivity contribution < 1.29 is 13.2 Å². The maximum Gasteiger partial charge on any atom is 0.263 e. The van der Waals surface area contributed by atoms with Crippen molar-refractivity contribution in [3.63, 3.8) is 0 Å². The lowest BCUT2D eigenvalue weighted by Crippen LogP contribution is -2.18. The number of thiophene rings is 1. The lowest BCUT2D eigenvalue weighted by molar-refractivity contribution is 0.100. The van der Waals surface area contributed by atoms with Gasteiger partial charge in [-0.25, -0.2) is 8.42 Å². The predicted octanol–water partition coefficient (Wildman–Crippen LogP) is 1.96. The van der Waals surface area contributed by atoms with Crippen molar-refractivity contribution in [2.75, 3.05) is 4.72 Å². The first-order valence-electron chi connectivity index (χ1n) is 5.37. The largest absolute Gasteiger partial charge is 0.365 e. The average molecular weight is 296 g/mol. The van der Waals surface area contributed by atoms with Gasteiger partial charge in [0, 0.05) is 5.69 Å². The van der Waals surface area contributed by atoms with Gasteiger partial charge in [-0.05, 0) is 30.5 Å². The summed E-state index contributed by atoms with van der Waals surface area (Å²) < 4.78 is 26.7. The first-order chi connectivity index (χ1) is 8.90. The van der Waals surface area contributed by atoms with Crippen molar-refractivity contribution in [3.05, 3.63) is 46.2 Å². The molecule has 0 aliphatic rings. The van der Waals surface area contributed by atoms with Gasteiger partial charge in [0.2, 0.25) is 0 Å².